The van der Waals surface area contributed by atoms with E-state index in [0.29, 0.717) is 18.8 Å². The van der Waals surface area contributed by atoms with Crippen LogP contribution in [0.25, 0.3) is 0 Å². The van der Waals surface area contributed by atoms with Crippen molar-refractivity contribution in [1.82, 2.24) is 0 Å². The molecule has 0 aliphatic rings. The van der Waals surface area contributed by atoms with E-state index in [0.717, 1.165) is 6.07 Å². The van der Waals surface area contributed by atoms with Gasteiger partial charge in [0.25, 0.3) is 0 Å². The summed E-state index contributed by atoms with van der Waals surface area (Å²) in [7, 11) is 0. The summed E-state index contributed by atoms with van der Waals surface area (Å²) in [6.45, 7) is 0.347. The van der Waals surface area contributed by atoms with Gasteiger partial charge in [-0.2, -0.15) is 5.26 Å². The molecule has 1 rings (SSSR count). The van der Waals surface area contributed by atoms with Crippen LogP contribution >= 0.6 is 0 Å². The molecule has 0 aliphatic carbocycles. The number of hydrogen-bond donors (Lipinski definition) is 1. The van der Waals surface area contributed by atoms with Crippen LogP contribution in [0.15, 0.2) is 18.2 Å². The van der Waals surface area contributed by atoms with Crippen molar-refractivity contribution in [2.45, 2.75) is 6.42 Å². The molecule has 0 heterocycles. The van der Waals surface area contributed by atoms with E-state index in [-0.39, 0.29) is 12.2 Å². The van der Waals surface area contributed by atoms with Gasteiger partial charge < -0.3 is 9.84 Å². The van der Waals surface area contributed by atoms with Gasteiger partial charge in [0.2, 0.25) is 0 Å². The molecule has 0 aromatic heterocycles. The van der Waals surface area contributed by atoms with Crippen LogP contribution < -0.4 is 4.74 Å². The van der Waals surface area contributed by atoms with Gasteiger partial charge in [-0.3, -0.25) is 0 Å². The first-order valence-electron chi connectivity index (χ1n) is 4.21. The van der Waals surface area contributed by atoms with Gasteiger partial charge in [0, 0.05) is 13.0 Å². The van der Waals surface area contributed by atoms with Crippen molar-refractivity contribution in [3.63, 3.8) is 0 Å². The summed E-state index contributed by atoms with van der Waals surface area (Å²) in [5.41, 5.74) is 0.169. The van der Waals surface area contributed by atoms with Crippen molar-refractivity contribution in [2.75, 3.05) is 13.2 Å². The Morgan fingerprint density at radius 2 is 2.29 bits per heavy atom. The van der Waals surface area contributed by atoms with E-state index in [2.05, 4.69) is 0 Å². The van der Waals surface area contributed by atoms with Crippen molar-refractivity contribution in [2.24, 2.45) is 0 Å². The molecule has 0 saturated carbocycles. The van der Waals surface area contributed by atoms with Gasteiger partial charge >= 0.3 is 0 Å². The standard InChI is InChI=1S/C10H10FNO2/c11-9-2-3-10(8(6-9)7-12)14-5-1-4-13/h2-3,6,13H,1,4-5H2. The second-order valence-corrected chi connectivity index (χ2v) is 2.68. The monoisotopic (exact) mass is 195 g/mol. The Morgan fingerprint density at radius 3 is 2.93 bits per heavy atom. The molecule has 1 N–H and O–H groups in total. The second-order valence-electron chi connectivity index (χ2n) is 2.68. The number of aliphatic hydroxyl groups excluding tert-OH is 1. The minimum Gasteiger partial charge on any atom is -0.492 e. The topological polar surface area (TPSA) is 53.2 Å². The number of rotatable bonds is 4. The molecule has 4 heteroatoms. The van der Waals surface area contributed by atoms with Crippen molar-refractivity contribution >= 4 is 0 Å². The maximum atomic E-state index is 12.7. The van der Waals surface area contributed by atoms with Gasteiger partial charge in [0.1, 0.15) is 17.6 Å². The summed E-state index contributed by atoms with van der Waals surface area (Å²) >= 11 is 0. The number of nitrogens with zero attached hydrogens (tertiary/aromatic N) is 1. The molecule has 0 amide bonds. The average Bonchev–Trinajstić information content (AvgIpc) is 2.20. The summed E-state index contributed by atoms with van der Waals surface area (Å²) in [6, 6.07) is 5.59. The lowest BCUT2D eigenvalue weighted by Gasteiger charge is -2.06. The molecule has 14 heavy (non-hydrogen) atoms. The number of ether oxygens (including phenoxy) is 1. The molecule has 0 atom stereocenters. The third-order valence-electron chi connectivity index (χ3n) is 1.62. The quantitative estimate of drug-likeness (QED) is 0.740. The van der Waals surface area contributed by atoms with Gasteiger partial charge in [-0.1, -0.05) is 0 Å². The molecule has 0 spiro atoms. The summed E-state index contributed by atoms with van der Waals surface area (Å²) in [4.78, 5) is 0. The first-order chi connectivity index (χ1) is 6.77. The first kappa shape index (κ1) is 10.5. The zero-order chi connectivity index (χ0) is 10.4. The number of halogens is 1. The molecule has 0 saturated heterocycles. The van der Waals surface area contributed by atoms with Crippen LogP contribution in [0, 0.1) is 17.1 Å². The van der Waals surface area contributed by atoms with E-state index in [1.54, 1.807) is 0 Å². The highest BCUT2D eigenvalue weighted by Crippen LogP contribution is 2.18. The second kappa shape index (κ2) is 5.20. The molecule has 0 aliphatic heterocycles. The normalized spacial score (nSPS) is 9.50. The van der Waals surface area contributed by atoms with Crippen molar-refractivity contribution in [3.05, 3.63) is 29.6 Å². The Hall–Kier alpha value is -1.60. The van der Waals surface area contributed by atoms with Gasteiger partial charge in [-0.25, -0.2) is 4.39 Å². The van der Waals surface area contributed by atoms with Crippen LogP contribution in [0.4, 0.5) is 4.39 Å². The summed E-state index contributed by atoms with van der Waals surface area (Å²) in [6.07, 6.45) is 0.488. The van der Waals surface area contributed by atoms with Gasteiger partial charge in [-0.05, 0) is 18.2 Å². The predicted octanol–water partition coefficient (Wildman–Crippen LogP) is 1.46. The molecular weight excluding hydrogens is 185 g/mol. The zero-order valence-corrected chi connectivity index (χ0v) is 7.53. The predicted molar refractivity (Wildman–Crippen MR) is 48.3 cm³/mol. The van der Waals surface area contributed by atoms with E-state index in [9.17, 15) is 4.39 Å². The largest absolute Gasteiger partial charge is 0.492 e. The van der Waals surface area contributed by atoms with E-state index >= 15 is 0 Å². The Balaban J connectivity index is 2.72. The molecule has 0 fully saturated rings. The minimum atomic E-state index is -0.462. The van der Waals surface area contributed by atoms with E-state index in [1.807, 2.05) is 6.07 Å². The fraction of sp³-hybridized carbons (Fsp3) is 0.300. The fourth-order valence-electron chi connectivity index (χ4n) is 0.962. The minimum absolute atomic E-state index is 0.0308. The first-order valence-corrected chi connectivity index (χ1v) is 4.21. The number of nitriles is 1. The Kier molecular flexibility index (Phi) is 3.89. The maximum Gasteiger partial charge on any atom is 0.137 e. The van der Waals surface area contributed by atoms with Crippen molar-refractivity contribution in [3.8, 4) is 11.8 Å². The fourth-order valence-corrected chi connectivity index (χ4v) is 0.962. The molecular formula is C10H10FNO2. The van der Waals surface area contributed by atoms with Crippen LogP contribution in [0.5, 0.6) is 5.75 Å². The van der Waals surface area contributed by atoms with Crippen molar-refractivity contribution < 1.29 is 14.2 Å². The molecule has 0 unspecified atom stereocenters. The maximum absolute atomic E-state index is 12.7. The van der Waals surface area contributed by atoms with E-state index in [4.69, 9.17) is 15.1 Å². The van der Waals surface area contributed by atoms with E-state index < -0.39 is 5.82 Å². The number of benzene rings is 1. The van der Waals surface area contributed by atoms with Crippen LogP contribution in [-0.2, 0) is 0 Å². The van der Waals surface area contributed by atoms with Crippen molar-refractivity contribution in [1.29, 1.82) is 5.26 Å². The van der Waals surface area contributed by atoms with Gasteiger partial charge in [-0.15, -0.1) is 0 Å². The Labute approximate surface area is 81.4 Å². The smallest absolute Gasteiger partial charge is 0.137 e. The van der Waals surface area contributed by atoms with Crippen LogP contribution in [0.2, 0.25) is 0 Å². The molecule has 1 aromatic carbocycles. The van der Waals surface area contributed by atoms with Crippen LogP contribution in [0.3, 0.4) is 0 Å². The highest BCUT2D eigenvalue weighted by molar-refractivity contribution is 5.42. The lowest BCUT2D eigenvalue weighted by Crippen LogP contribution is -2.01. The Morgan fingerprint density at radius 1 is 1.50 bits per heavy atom. The molecule has 74 valence electrons. The molecule has 3 nitrogen and oxygen atoms in total. The lowest BCUT2D eigenvalue weighted by atomic mass is 10.2. The summed E-state index contributed by atoms with van der Waals surface area (Å²) in [5.74, 6) is -0.113. The summed E-state index contributed by atoms with van der Waals surface area (Å²) in [5, 5.41) is 17.2. The highest BCUT2D eigenvalue weighted by Gasteiger charge is 2.03. The number of hydrogen-bond acceptors (Lipinski definition) is 3. The van der Waals surface area contributed by atoms with Crippen LogP contribution in [0.1, 0.15) is 12.0 Å². The van der Waals surface area contributed by atoms with Gasteiger partial charge in [0.05, 0.1) is 12.2 Å². The third-order valence-corrected chi connectivity index (χ3v) is 1.62. The molecule has 0 bridgehead atoms. The van der Waals surface area contributed by atoms with Crippen LogP contribution in [-0.4, -0.2) is 18.3 Å². The highest BCUT2D eigenvalue weighted by atomic mass is 19.1. The summed E-state index contributed by atoms with van der Waals surface area (Å²) < 4.78 is 17.9. The number of aliphatic hydroxyl groups is 1. The SMILES string of the molecule is N#Cc1cc(F)ccc1OCCCO. The Bertz CT molecular complexity index is 346. The average molecular weight is 195 g/mol. The molecule has 0 radical (unpaired) electrons. The molecule has 1 aromatic rings. The van der Waals surface area contributed by atoms with Gasteiger partial charge in [0.15, 0.2) is 0 Å². The van der Waals surface area contributed by atoms with E-state index in [1.165, 1.54) is 12.1 Å². The lowest BCUT2D eigenvalue weighted by molar-refractivity contribution is 0.233. The zero-order valence-electron chi connectivity index (χ0n) is 7.53. The third kappa shape index (κ3) is 2.71.